The molecule has 27 heavy (non-hydrogen) atoms. The van der Waals surface area contributed by atoms with Crippen LogP contribution < -0.4 is 5.32 Å². The summed E-state index contributed by atoms with van der Waals surface area (Å²) in [5.41, 5.74) is 1.91. The number of hydrogen-bond donors (Lipinski definition) is 1. The van der Waals surface area contributed by atoms with E-state index in [9.17, 15) is 8.42 Å². The zero-order valence-corrected chi connectivity index (χ0v) is 17.8. The molecule has 1 fully saturated rings. The number of sulfonamides is 1. The summed E-state index contributed by atoms with van der Waals surface area (Å²) < 4.78 is 28.1. The van der Waals surface area contributed by atoms with Crippen LogP contribution in [-0.2, 0) is 16.6 Å². The zero-order valence-electron chi connectivity index (χ0n) is 15.4. The molecule has 0 bridgehead atoms. The summed E-state index contributed by atoms with van der Waals surface area (Å²) in [6.07, 6.45) is 0. The van der Waals surface area contributed by atoms with E-state index in [1.54, 1.807) is 22.5 Å². The van der Waals surface area contributed by atoms with E-state index in [0.717, 1.165) is 17.7 Å². The van der Waals surface area contributed by atoms with Gasteiger partial charge >= 0.3 is 0 Å². The SMILES string of the molecule is CN(C)Cc1ccc(S(=O)(=O)N2CCNCC2c2ccccc2Cl)cc1.Cl. The Morgan fingerprint density at radius 3 is 2.44 bits per heavy atom. The van der Waals surface area contributed by atoms with Crippen molar-refractivity contribution in [2.75, 3.05) is 33.7 Å². The number of hydrogen-bond acceptors (Lipinski definition) is 4. The molecule has 0 aliphatic carbocycles. The third-order valence-electron chi connectivity index (χ3n) is 4.49. The lowest BCUT2D eigenvalue weighted by atomic mass is 10.1. The first-order valence-electron chi connectivity index (χ1n) is 8.60. The summed E-state index contributed by atoms with van der Waals surface area (Å²) in [7, 11) is 0.371. The second kappa shape index (κ2) is 9.37. The van der Waals surface area contributed by atoms with Gasteiger partial charge in [-0.3, -0.25) is 0 Å². The molecule has 8 heteroatoms. The Hall–Kier alpha value is -1.15. The molecule has 1 unspecified atom stereocenters. The van der Waals surface area contributed by atoms with Gasteiger partial charge in [0.25, 0.3) is 0 Å². The van der Waals surface area contributed by atoms with Gasteiger partial charge in [-0.1, -0.05) is 41.9 Å². The van der Waals surface area contributed by atoms with Crippen LogP contribution in [0.4, 0.5) is 0 Å². The number of nitrogens with one attached hydrogen (secondary N) is 1. The van der Waals surface area contributed by atoms with Gasteiger partial charge in [-0.05, 0) is 43.4 Å². The van der Waals surface area contributed by atoms with Gasteiger partial charge in [-0.25, -0.2) is 8.42 Å². The molecule has 0 spiro atoms. The lowest BCUT2D eigenvalue weighted by Crippen LogP contribution is -2.48. The van der Waals surface area contributed by atoms with Crippen LogP contribution in [0, 0.1) is 0 Å². The van der Waals surface area contributed by atoms with Crippen LogP contribution in [0.25, 0.3) is 0 Å². The maximum absolute atomic E-state index is 13.3. The Morgan fingerprint density at radius 2 is 1.81 bits per heavy atom. The third kappa shape index (κ3) is 5.02. The Balaban J connectivity index is 0.00000261. The molecule has 0 aromatic heterocycles. The summed E-state index contributed by atoms with van der Waals surface area (Å²) >= 11 is 6.33. The van der Waals surface area contributed by atoms with Crippen LogP contribution in [0.2, 0.25) is 5.02 Å². The predicted molar refractivity (Wildman–Crippen MR) is 112 cm³/mol. The average Bonchev–Trinajstić information content (AvgIpc) is 2.62. The van der Waals surface area contributed by atoms with Gasteiger partial charge in [0.05, 0.1) is 10.9 Å². The zero-order chi connectivity index (χ0) is 18.7. The van der Waals surface area contributed by atoms with E-state index in [4.69, 9.17) is 11.6 Å². The summed E-state index contributed by atoms with van der Waals surface area (Å²) in [6, 6.07) is 14.2. The molecule has 1 atom stereocenters. The quantitative estimate of drug-likeness (QED) is 0.792. The van der Waals surface area contributed by atoms with E-state index in [1.807, 2.05) is 49.3 Å². The lowest BCUT2D eigenvalue weighted by molar-refractivity contribution is 0.271. The van der Waals surface area contributed by atoms with Crippen molar-refractivity contribution >= 4 is 34.0 Å². The topological polar surface area (TPSA) is 52.7 Å². The highest BCUT2D eigenvalue weighted by atomic mass is 35.5. The Bertz CT molecular complexity index is 858. The van der Waals surface area contributed by atoms with Crippen LogP contribution in [0.3, 0.4) is 0 Å². The Labute approximate surface area is 172 Å². The van der Waals surface area contributed by atoms with Crippen molar-refractivity contribution in [2.24, 2.45) is 0 Å². The van der Waals surface area contributed by atoms with Crippen LogP contribution in [0.1, 0.15) is 17.2 Å². The maximum Gasteiger partial charge on any atom is 0.243 e. The van der Waals surface area contributed by atoms with E-state index >= 15 is 0 Å². The van der Waals surface area contributed by atoms with Crippen molar-refractivity contribution in [3.63, 3.8) is 0 Å². The molecule has 1 aliphatic rings. The third-order valence-corrected chi connectivity index (χ3v) is 6.75. The summed E-state index contributed by atoms with van der Waals surface area (Å²) in [4.78, 5) is 2.37. The maximum atomic E-state index is 13.3. The van der Waals surface area contributed by atoms with Gasteiger partial charge in [-0.2, -0.15) is 4.31 Å². The van der Waals surface area contributed by atoms with E-state index in [0.29, 0.717) is 29.6 Å². The fourth-order valence-corrected chi connectivity index (χ4v) is 5.12. The van der Waals surface area contributed by atoms with Crippen LogP contribution in [0.15, 0.2) is 53.4 Å². The monoisotopic (exact) mass is 429 g/mol. The molecule has 0 radical (unpaired) electrons. The molecular weight excluding hydrogens is 405 g/mol. The van der Waals surface area contributed by atoms with Gasteiger partial charge < -0.3 is 10.2 Å². The van der Waals surface area contributed by atoms with Crippen molar-refractivity contribution in [3.8, 4) is 0 Å². The number of benzene rings is 2. The summed E-state index contributed by atoms with van der Waals surface area (Å²) in [6.45, 7) is 2.36. The van der Waals surface area contributed by atoms with Crippen LogP contribution >= 0.6 is 24.0 Å². The minimum absolute atomic E-state index is 0. The first kappa shape index (κ1) is 22.1. The molecule has 0 saturated carbocycles. The Kier molecular flexibility index (Phi) is 7.68. The molecule has 2 aromatic rings. The predicted octanol–water partition coefficient (Wildman–Crippen LogP) is 3.16. The molecule has 1 aliphatic heterocycles. The van der Waals surface area contributed by atoms with Crippen molar-refractivity contribution in [1.82, 2.24) is 14.5 Å². The standard InChI is InChI=1S/C19H24ClN3O2S.ClH/c1-22(2)14-15-7-9-16(10-8-15)26(24,25)23-12-11-21-13-19(23)17-5-3-4-6-18(17)20;/h3-10,19,21H,11-14H2,1-2H3;1H. The average molecular weight is 430 g/mol. The largest absolute Gasteiger partial charge is 0.313 e. The van der Waals surface area contributed by atoms with Crippen molar-refractivity contribution in [2.45, 2.75) is 17.5 Å². The van der Waals surface area contributed by atoms with E-state index in [-0.39, 0.29) is 18.4 Å². The van der Waals surface area contributed by atoms with Gasteiger partial charge in [0.1, 0.15) is 0 Å². The molecule has 1 heterocycles. The molecule has 1 saturated heterocycles. The molecule has 2 aromatic carbocycles. The summed E-state index contributed by atoms with van der Waals surface area (Å²) in [5.74, 6) is 0. The van der Waals surface area contributed by atoms with E-state index in [2.05, 4.69) is 5.32 Å². The molecule has 148 valence electrons. The van der Waals surface area contributed by atoms with Gasteiger partial charge in [0.2, 0.25) is 10.0 Å². The molecule has 0 amide bonds. The van der Waals surface area contributed by atoms with Crippen LogP contribution in [0.5, 0.6) is 0 Å². The fourth-order valence-electron chi connectivity index (χ4n) is 3.25. The minimum Gasteiger partial charge on any atom is -0.313 e. The smallest absolute Gasteiger partial charge is 0.243 e. The van der Waals surface area contributed by atoms with Crippen LogP contribution in [-0.4, -0.2) is 51.4 Å². The highest BCUT2D eigenvalue weighted by Crippen LogP contribution is 2.32. The molecule has 3 rings (SSSR count). The molecule has 5 nitrogen and oxygen atoms in total. The molecule has 1 N–H and O–H groups in total. The van der Waals surface area contributed by atoms with Crippen molar-refractivity contribution < 1.29 is 8.42 Å². The minimum atomic E-state index is -3.60. The first-order valence-corrected chi connectivity index (χ1v) is 10.4. The Morgan fingerprint density at radius 1 is 1.15 bits per heavy atom. The highest BCUT2D eigenvalue weighted by molar-refractivity contribution is 7.89. The second-order valence-corrected chi connectivity index (χ2v) is 9.04. The summed E-state index contributed by atoms with van der Waals surface area (Å²) in [5, 5.41) is 3.86. The van der Waals surface area contributed by atoms with Gasteiger partial charge in [0, 0.05) is 31.2 Å². The van der Waals surface area contributed by atoms with Gasteiger partial charge in [0.15, 0.2) is 0 Å². The first-order chi connectivity index (χ1) is 12.4. The van der Waals surface area contributed by atoms with E-state index < -0.39 is 10.0 Å². The number of piperazine rings is 1. The number of rotatable bonds is 5. The number of halogens is 2. The van der Waals surface area contributed by atoms with Gasteiger partial charge in [-0.15, -0.1) is 12.4 Å². The van der Waals surface area contributed by atoms with E-state index in [1.165, 1.54) is 0 Å². The normalized spacial score (nSPS) is 18.3. The molecular formula is C19H25Cl2N3O2S. The van der Waals surface area contributed by atoms with Crippen molar-refractivity contribution in [1.29, 1.82) is 0 Å². The second-order valence-electron chi connectivity index (χ2n) is 6.74. The highest BCUT2D eigenvalue weighted by Gasteiger charge is 2.35. The fraction of sp³-hybridized carbons (Fsp3) is 0.368. The lowest BCUT2D eigenvalue weighted by Gasteiger charge is -2.35. The number of nitrogens with zero attached hydrogens (tertiary/aromatic N) is 2. The van der Waals surface area contributed by atoms with Crippen molar-refractivity contribution in [3.05, 3.63) is 64.7 Å².